The summed E-state index contributed by atoms with van der Waals surface area (Å²) in [4.78, 5) is 11.0. The van der Waals surface area contributed by atoms with Crippen LogP contribution in [0.1, 0.15) is 73.7 Å². The Labute approximate surface area is 170 Å². The number of fused-ring (bicyclic) bond motifs is 1. The largest absolute Gasteiger partial charge is 0.508 e. The van der Waals surface area contributed by atoms with Crippen molar-refractivity contribution >= 4 is 5.97 Å². The van der Waals surface area contributed by atoms with Crippen LogP contribution in [0.4, 0.5) is 0 Å². The topological polar surface area (TPSA) is 107 Å². The van der Waals surface area contributed by atoms with Crippen molar-refractivity contribution in [2.75, 3.05) is 6.61 Å². The second kappa shape index (κ2) is 7.26. The summed E-state index contributed by atoms with van der Waals surface area (Å²) in [6.07, 6.45) is 0.953. The Balaban J connectivity index is 1.84. The smallest absolute Gasteiger partial charge is 0.339 e. The molecule has 0 aromatic heterocycles. The molecule has 1 aliphatic carbocycles. The van der Waals surface area contributed by atoms with E-state index in [4.69, 9.17) is 9.84 Å². The lowest BCUT2D eigenvalue weighted by molar-refractivity contribution is 0.0693. The zero-order chi connectivity index (χ0) is 21.6. The van der Waals surface area contributed by atoms with E-state index in [2.05, 4.69) is 27.7 Å². The summed E-state index contributed by atoms with van der Waals surface area (Å²) in [6, 6.07) is 7.45. The Hall–Kier alpha value is -2.73. The second-order valence-electron chi connectivity index (χ2n) is 9.04. The van der Waals surface area contributed by atoms with Gasteiger partial charge in [-0.25, -0.2) is 4.79 Å². The van der Waals surface area contributed by atoms with Gasteiger partial charge in [-0.05, 0) is 59.1 Å². The Morgan fingerprint density at radius 2 is 1.59 bits per heavy atom. The van der Waals surface area contributed by atoms with E-state index < -0.39 is 17.8 Å². The zero-order valence-corrected chi connectivity index (χ0v) is 17.2. The van der Waals surface area contributed by atoms with Crippen molar-refractivity contribution in [1.82, 2.24) is 0 Å². The molecule has 0 radical (unpaired) electrons. The first-order valence-electron chi connectivity index (χ1n) is 9.67. The minimum Gasteiger partial charge on any atom is -0.508 e. The van der Waals surface area contributed by atoms with E-state index in [9.17, 15) is 20.1 Å². The third-order valence-electron chi connectivity index (χ3n) is 5.97. The third-order valence-corrected chi connectivity index (χ3v) is 5.97. The predicted molar refractivity (Wildman–Crippen MR) is 109 cm³/mol. The van der Waals surface area contributed by atoms with Crippen molar-refractivity contribution in [2.24, 2.45) is 0 Å². The van der Waals surface area contributed by atoms with Gasteiger partial charge in [0.15, 0.2) is 0 Å². The van der Waals surface area contributed by atoms with Crippen LogP contribution in [0.25, 0.3) is 0 Å². The van der Waals surface area contributed by atoms with E-state index in [-0.39, 0.29) is 34.5 Å². The number of hydrogen-bond acceptors (Lipinski definition) is 5. The molecule has 0 fully saturated rings. The lowest BCUT2D eigenvalue weighted by Crippen LogP contribution is -2.34. The number of hydrogen-bond donors (Lipinski definition) is 4. The first-order valence-corrected chi connectivity index (χ1v) is 9.67. The number of phenols is 2. The van der Waals surface area contributed by atoms with E-state index in [1.165, 1.54) is 18.2 Å². The first kappa shape index (κ1) is 21.0. The number of carboxylic acid groups (broad SMARTS) is 1. The number of phenolic OH excluding ortho intramolecular Hbond substituents is 1. The van der Waals surface area contributed by atoms with E-state index in [0.29, 0.717) is 5.56 Å². The van der Waals surface area contributed by atoms with Gasteiger partial charge in [0.2, 0.25) is 0 Å². The molecule has 29 heavy (non-hydrogen) atoms. The molecule has 3 rings (SSSR count). The van der Waals surface area contributed by atoms with E-state index in [0.717, 1.165) is 24.0 Å². The van der Waals surface area contributed by atoms with E-state index in [1.54, 1.807) is 6.07 Å². The van der Waals surface area contributed by atoms with E-state index in [1.807, 2.05) is 6.07 Å². The quantitative estimate of drug-likeness (QED) is 0.597. The van der Waals surface area contributed by atoms with Gasteiger partial charge in [-0.2, -0.15) is 0 Å². The van der Waals surface area contributed by atoms with Gasteiger partial charge in [-0.3, -0.25) is 0 Å². The molecule has 1 aliphatic rings. The second-order valence-corrected chi connectivity index (χ2v) is 9.04. The Morgan fingerprint density at radius 1 is 1.00 bits per heavy atom. The molecule has 4 N–H and O–H groups in total. The maximum Gasteiger partial charge on any atom is 0.339 e. The number of carbonyl (C=O) groups is 1. The molecule has 0 spiro atoms. The maximum absolute atomic E-state index is 11.0. The Morgan fingerprint density at radius 3 is 2.14 bits per heavy atom. The van der Waals surface area contributed by atoms with Gasteiger partial charge in [0, 0.05) is 11.6 Å². The highest BCUT2D eigenvalue weighted by atomic mass is 16.5. The summed E-state index contributed by atoms with van der Waals surface area (Å²) in [7, 11) is 0. The third kappa shape index (κ3) is 4.03. The average Bonchev–Trinajstić information content (AvgIpc) is 2.63. The molecular formula is C23H28O6. The van der Waals surface area contributed by atoms with Gasteiger partial charge >= 0.3 is 5.97 Å². The van der Waals surface area contributed by atoms with Crippen molar-refractivity contribution in [3.63, 3.8) is 0 Å². The fourth-order valence-corrected chi connectivity index (χ4v) is 3.93. The summed E-state index contributed by atoms with van der Waals surface area (Å²) in [5.41, 5.74) is 2.26. The highest BCUT2D eigenvalue weighted by Crippen LogP contribution is 2.48. The van der Waals surface area contributed by atoms with Crippen LogP contribution in [0.15, 0.2) is 30.3 Å². The minimum atomic E-state index is -1.24. The molecule has 0 saturated heterocycles. The van der Waals surface area contributed by atoms with Crippen molar-refractivity contribution < 1.29 is 30.0 Å². The van der Waals surface area contributed by atoms with Gasteiger partial charge in [0.25, 0.3) is 0 Å². The molecule has 1 atom stereocenters. The van der Waals surface area contributed by atoms with Crippen LogP contribution in [0.2, 0.25) is 0 Å². The number of aromatic hydroxyl groups is 2. The molecule has 6 heteroatoms. The summed E-state index contributed by atoms with van der Waals surface area (Å²) in [6.45, 7) is 8.50. The molecule has 0 heterocycles. The van der Waals surface area contributed by atoms with Crippen molar-refractivity contribution in [2.45, 2.75) is 57.5 Å². The molecule has 156 valence electrons. The number of carboxylic acids is 1. The number of benzene rings is 2. The van der Waals surface area contributed by atoms with Crippen LogP contribution in [-0.2, 0) is 10.8 Å². The lowest BCUT2D eigenvalue weighted by atomic mass is 9.63. The van der Waals surface area contributed by atoms with Crippen LogP contribution >= 0.6 is 0 Å². The molecule has 0 bridgehead atoms. The fourth-order valence-electron chi connectivity index (χ4n) is 3.93. The number of aromatic carboxylic acids is 1. The van der Waals surface area contributed by atoms with Crippen LogP contribution in [0, 0.1) is 0 Å². The molecule has 6 nitrogen and oxygen atoms in total. The van der Waals surface area contributed by atoms with Gasteiger partial charge in [-0.1, -0.05) is 27.7 Å². The van der Waals surface area contributed by atoms with E-state index >= 15 is 0 Å². The van der Waals surface area contributed by atoms with Crippen LogP contribution < -0.4 is 4.74 Å². The van der Waals surface area contributed by atoms with Crippen molar-refractivity contribution in [3.8, 4) is 17.2 Å². The maximum atomic E-state index is 11.0. The highest BCUT2D eigenvalue weighted by Gasteiger charge is 2.38. The number of aliphatic hydroxyl groups is 1. The molecule has 2 aromatic carbocycles. The molecule has 0 aliphatic heterocycles. The zero-order valence-electron chi connectivity index (χ0n) is 17.2. The normalized spacial score (nSPS) is 18.0. The van der Waals surface area contributed by atoms with Crippen LogP contribution in [0.3, 0.4) is 0 Å². The van der Waals surface area contributed by atoms with Gasteiger partial charge in [0.05, 0.1) is 0 Å². The number of rotatable bonds is 5. The minimum absolute atomic E-state index is 0.0229. The Kier molecular flexibility index (Phi) is 5.26. The van der Waals surface area contributed by atoms with Crippen molar-refractivity contribution in [3.05, 3.63) is 52.6 Å². The Bertz CT molecular complexity index is 945. The van der Waals surface area contributed by atoms with Gasteiger partial charge in [0.1, 0.15) is 35.5 Å². The van der Waals surface area contributed by atoms with Gasteiger partial charge in [-0.15, -0.1) is 0 Å². The molecular weight excluding hydrogens is 372 g/mol. The summed E-state index contributed by atoms with van der Waals surface area (Å²) in [5.74, 6) is -1.40. The fraction of sp³-hybridized carbons (Fsp3) is 0.435. The van der Waals surface area contributed by atoms with Gasteiger partial charge < -0.3 is 25.2 Å². The molecule has 0 saturated carbocycles. The number of aliphatic hydroxyl groups excluding tert-OH is 1. The average molecular weight is 400 g/mol. The molecule has 1 unspecified atom stereocenters. The molecule has 2 aromatic rings. The predicted octanol–water partition coefficient (Wildman–Crippen LogP) is 4.26. The van der Waals surface area contributed by atoms with Crippen LogP contribution in [0.5, 0.6) is 17.2 Å². The highest BCUT2D eigenvalue weighted by molar-refractivity contribution is 5.90. The SMILES string of the molecule is CC1(C)CCC(C)(C)c2cc(C(O)COc3ccc(C(=O)O)c(O)c3)c(O)cc21. The summed E-state index contributed by atoms with van der Waals surface area (Å²) < 4.78 is 5.52. The summed E-state index contributed by atoms with van der Waals surface area (Å²) in [5, 5.41) is 39.9. The molecule has 0 amide bonds. The summed E-state index contributed by atoms with van der Waals surface area (Å²) >= 11 is 0. The first-order chi connectivity index (χ1) is 13.4. The number of ether oxygens (including phenoxy) is 1. The lowest BCUT2D eigenvalue weighted by Gasteiger charge is -2.42. The van der Waals surface area contributed by atoms with Crippen molar-refractivity contribution in [1.29, 1.82) is 0 Å². The monoisotopic (exact) mass is 400 g/mol. The van der Waals surface area contributed by atoms with Crippen LogP contribution in [-0.4, -0.2) is 33.0 Å². The standard InChI is InChI=1S/C23H28O6/c1-22(2)7-8-23(3,4)17-11-19(25)15(10-16(17)22)20(26)12-29-13-5-6-14(21(27)28)18(24)9-13/h5-6,9-11,20,24-26H,7-8,12H2,1-4H3,(H,27,28).